The number of Topliss-reactive ketones (excluding diaryl/α,β-unsaturated/α-hetero) is 1. The fourth-order valence-electron chi connectivity index (χ4n) is 1.34. The summed E-state index contributed by atoms with van der Waals surface area (Å²) in [6.45, 7) is 2.84. The number of nitrogens with one attached hydrogen (secondary N) is 1. The highest BCUT2D eigenvalue weighted by Crippen LogP contribution is 2.19. The molecule has 0 aliphatic rings. The zero-order valence-electron chi connectivity index (χ0n) is 10.0. The van der Waals surface area contributed by atoms with Gasteiger partial charge in [0.05, 0.1) is 6.61 Å². The minimum atomic E-state index is -1.19. The smallest absolute Gasteiger partial charge is 0.161 e. The van der Waals surface area contributed by atoms with E-state index in [1.165, 1.54) is 13.8 Å². The molecule has 5 N–H and O–H groups in total. The summed E-state index contributed by atoms with van der Waals surface area (Å²) in [6, 6.07) is 4.97. The highest BCUT2D eigenvalue weighted by molar-refractivity contribution is 5.99. The van der Waals surface area contributed by atoms with Crippen LogP contribution in [0.4, 0.5) is 11.4 Å². The van der Waals surface area contributed by atoms with E-state index in [0.717, 1.165) is 0 Å². The summed E-state index contributed by atoms with van der Waals surface area (Å²) < 4.78 is 0. The number of rotatable bonds is 5. The van der Waals surface area contributed by atoms with Crippen LogP contribution in [-0.2, 0) is 0 Å². The van der Waals surface area contributed by atoms with Crippen LogP contribution in [0.3, 0.4) is 0 Å². The highest BCUT2D eigenvalue weighted by atomic mass is 16.3. The molecule has 0 fully saturated rings. The maximum atomic E-state index is 11.2. The molecule has 1 aromatic carbocycles. The van der Waals surface area contributed by atoms with Crippen LogP contribution in [0.25, 0.3) is 0 Å². The van der Waals surface area contributed by atoms with Gasteiger partial charge in [0, 0.05) is 23.5 Å². The van der Waals surface area contributed by atoms with Gasteiger partial charge in [0.1, 0.15) is 5.60 Å². The van der Waals surface area contributed by atoms with Gasteiger partial charge in [-0.25, -0.2) is 0 Å². The molecule has 0 aliphatic carbocycles. The molecule has 1 aromatic rings. The summed E-state index contributed by atoms with van der Waals surface area (Å²) in [6.07, 6.45) is 0. The fourth-order valence-corrected chi connectivity index (χ4v) is 1.34. The number of nitrogen functional groups attached to an aromatic ring is 1. The van der Waals surface area contributed by atoms with Gasteiger partial charge in [-0.3, -0.25) is 4.79 Å². The number of nitrogens with two attached hydrogens (primary N) is 1. The van der Waals surface area contributed by atoms with Crippen molar-refractivity contribution in [1.29, 1.82) is 0 Å². The molecule has 0 amide bonds. The van der Waals surface area contributed by atoms with Crippen LogP contribution >= 0.6 is 0 Å². The normalized spacial score (nSPS) is 14.1. The van der Waals surface area contributed by atoms with E-state index in [2.05, 4.69) is 5.32 Å². The van der Waals surface area contributed by atoms with Crippen LogP contribution < -0.4 is 11.1 Å². The Kier molecular flexibility index (Phi) is 4.09. The Morgan fingerprint density at radius 1 is 1.53 bits per heavy atom. The van der Waals surface area contributed by atoms with Crippen LogP contribution in [-0.4, -0.2) is 34.7 Å². The SMILES string of the molecule is CC(=O)c1ccc(NCC(C)(O)CO)cc1N. The largest absolute Gasteiger partial charge is 0.398 e. The Labute approximate surface area is 100 Å². The van der Waals surface area contributed by atoms with Crippen molar-refractivity contribution in [2.24, 2.45) is 0 Å². The number of carbonyl (C=O) groups excluding carboxylic acids is 1. The number of hydrogen-bond acceptors (Lipinski definition) is 5. The third-order valence-corrected chi connectivity index (χ3v) is 2.44. The van der Waals surface area contributed by atoms with Gasteiger partial charge < -0.3 is 21.3 Å². The zero-order valence-corrected chi connectivity index (χ0v) is 10.0. The molecule has 0 radical (unpaired) electrons. The summed E-state index contributed by atoms with van der Waals surface area (Å²) in [5.41, 5.74) is 6.10. The molecular formula is C12H18N2O3. The number of aliphatic hydroxyl groups is 2. The Balaban J connectivity index is 2.75. The molecule has 0 spiro atoms. The molecule has 94 valence electrons. The molecule has 17 heavy (non-hydrogen) atoms. The summed E-state index contributed by atoms with van der Waals surface area (Å²) in [5.74, 6) is -0.0867. The number of ketones is 1. The van der Waals surface area contributed by atoms with E-state index in [0.29, 0.717) is 16.9 Å². The number of hydrogen-bond donors (Lipinski definition) is 4. The van der Waals surface area contributed by atoms with Crippen LogP contribution in [0.5, 0.6) is 0 Å². The minimum absolute atomic E-state index is 0.0867. The first-order chi connectivity index (χ1) is 7.85. The second-order valence-electron chi connectivity index (χ2n) is 4.37. The standard InChI is InChI=1S/C12H18N2O3/c1-8(16)10-4-3-9(5-11(10)13)14-6-12(2,17)7-15/h3-5,14-15,17H,6-7,13H2,1-2H3. The maximum absolute atomic E-state index is 11.2. The lowest BCUT2D eigenvalue weighted by Crippen LogP contribution is -2.37. The average molecular weight is 238 g/mol. The Morgan fingerprint density at radius 3 is 2.65 bits per heavy atom. The molecule has 0 bridgehead atoms. The second-order valence-corrected chi connectivity index (χ2v) is 4.37. The van der Waals surface area contributed by atoms with Gasteiger partial charge in [-0.15, -0.1) is 0 Å². The van der Waals surface area contributed by atoms with E-state index in [9.17, 15) is 9.90 Å². The van der Waals surface area contributed by atoms with Crippen molar-refractivity contribution >= 4 is 17.2 Å². The summed E-state index contributed by atoms with van der Waals surface area (Å²) in [7, 11) is 0. The lowest BCUT2D eigenvalue weighted by atomic mass is 10.1. The Morgan fingerprint density at radius 2 is 2.18 bits per heavy atom. The first-order valence-electron chi connectivity index (χ1n) is 5.33. The monoisotopic (exact) mass is 238 g/mol. The molecular weight excluding hydrogens is 220 g/mol. The van der Waals surface area contributed by atoms with Crippen molar-refractivity contribution in [2.75, 3.05) is 24.2 Å². The van der Waals surface area contributed by atoms with Crippen LogP contribution in [0.2, 0.25) is 0 Å². The first kappa shape index (κ1) is 13.5. The third-order valence-electron chi connectivity index (χ3n) is 2.44. The van der Waals surface area contributed by atoms with Crippen molar-refractivity contribution in [3.63, 3.8) is 0 Å². The average Bonchev–Trinajstić information content (AvgIpc) is 2.26. The van der Waals surface area contributed by atoms with E-state index < -0.39 is 5.60 Å². The molecule has 5 nitrogen and oxygen atoms in total. The maximum Gasteiger partial charge on any atom is 0.161 e. The van der Waals surface area contributed by atoms with Gasteiger partial charge in [-0.1, -0.05) is 0 Å². The molecule has 0 saturated carbocycles. The van der Waals surface area contributed by atoms with Crippen LogP contribution in [0.15, 0.2) is 18.2 Å². The third kappa shape index (κ3) is 3.72. The summed E-state index contributed by atoms with van der Waals surface area (Å²) in [4.78, 5) is 11.2. The van der Waals surface area contributed by atoms with E-state index in [-0.39, 0.29) is 18.9 Å². The fraction of sp³-hybridized carbons (Fsp3) is 0.417. The lowest BCUT2D eigenvalue weighted by molar-refractivity contribution is 0.0132. The predicted octanol–water partition coefficient (Wildman–Crippen LogP) is 0.627. The molecule has 1 atom stereocenters. The van der Waals surface area contributed by atoms with Gasteiger partial charge >= 0.3 is 0 Å². The minimum Gasteiger partial charge on any atom is -0.398 e. The van der Waals surface area contributed by atoms with Crippen molar-refractivity contribution in [2.45, 2.75) is 19.4 Å². The molecule has 5 heteroatoms. The lowest BCUT2D eigenvalue weighted by Gasteiger charge is -2.21. The van der Waals surface area contributed by atoms with E-state index >= 15 is 0 Å². The molecule has 0 saturated heterocycles. The Hall–Kier alpha value is -1.59. The van der Waals surface area contributed by atoms with Gasteiger partial charge in [0.15, 0.2) is 5.78 Å². The number of benzene rings is 1. The van der Waals surface area contributed by atoms with E-state index in [4.69, 9.17) is 10.8 Å². The number of anilines is 2. The van der Waals surface area contributed by atoms with Crippen LogP contribution in [0.1, 0.15) is 24.2 Å². The molecule has 0 aromatic heterocycles. The van der Waals surface area contributed by atoms with Gasteiger partial charge in [0.2, 0.25) is 0 Å². The molecule has 1 rings (SSSR count). The number of carbonyl (C=O) groups is 1. The van der Waals surface area contributed by atoms with Gasteiger partial charge in [0.25, 0.3) is 0 Å². The van der Waals surface area contributed by atoms with Crippen LogP contribution in [0, 0.1) is 0 Å². The predicted molar refractivity (Wildman–Crippen MR) is 67.1 cm³/mol. The van der Waals surface area contributed by atoms with Crippen molar-refractivity contribution < 1.29 is 15.0 Å². The molecule has 0 heterocycles. The summed E-state index contributed by atoms with van der Waals surface area (Å²) in [5, 5.41) is 21.4. The first-order valence-corrected chi connectivity index (χ1v) is 5.33. The van der Waals surface area contributed by atoms with E-state index in [1.54, 1.807) is 18.2 Å². The van der Waals surface area contributed by atoms with Gasteiger partial charge in [-0.05, 0) is 32.0 Å². The highest BCUT2D eigenvalue weighted by Gasteiger charge is 2.18. The van der Waals surface area contributed by atoms with Crippen molar-refractivity contribution in [3.8, 4) is 0 Å². The number of aliphatic hydroxyl groups excluding tert-OH is 1. The summed E-state index contributed by atoms with van der Waals surface area (Å²) >= 11 is 0. The molecule has 1 unspecified atom stereocenters. The van der Waals surface area contributed by atoms with E-state index in [1.807, 2.05) is 0 Å². The second kappa shape index (κ2) is 5.16. The Bertz CT molecular complexity index is 416. The van der Waals surface area contributed by atoms with Crippen molar-refractivity contribution in [1.82, 2.24) is 0 Å². The quantitative estimate of drug-likeness (QED) is 0.445. The van der Waals surface area contributed by atoms with Crippen molar-refractivity contribution in [3.05, 3.63) is 23.8 Å². The zero-order chi connectivity index (χ0) is 13.1. The van der Waals surface area contributed by atoms with Gasteiger partial charge in [-0.2, -0.15) is 0 Å². The molecule has 0 aliphatic heterocycles. The topological polar surface area (TPSA) is 95.6 Å².